The fourth-order valence-electron chi connectivity index (χ4n) is 0.477. The molecule has 0 aromatic heterocycles. The first-order valence-electron chi connectivity index (χ1n) is 2.31. The molecular formula is C6H4Cl3Na. The molecule has 0 aliphatic carbocycles. The minimum atomic E-state index is 0. The summed E-state index contributed by atoms with van der Waals surface area (Å²) < 4.78 is 0. The zero-order valence-corrected chi connectivity index (χ0v) is 9.63. The van der Waals surface area contributed by atoms with E-state index < -0.39 is 0 Å². The third-order valence-electron chi connectivity index (χ3n) is 0.904. The molecule has 0 spiro atoms. The van der Waals surface area contributed by atoms with Crippen LogP contribution >= 0.6 is 34.8 Å². The van der Waals surface area contributed by atoms with E-state index in [-0.39, 0.29) is 31.0 Å². The van der Waals surface area contributed by atoms with Crippen molar-refractivity contribution in [3.63, 3.8) is 0 Å². The maximum atomic E-state index is 5.61. The molecule has 1 rings (SSSR count). The Morgan fingerprint density at radius 2 is 1.40 bits per heavy atom. The van der Waals surface area contributed by atoms with Crippen molar-refractivity contribution >= 4 is 34.8 Å². The van der Waals surface area contributed by atoms with E-state index in [0.717, 1.165) is 0 Å². The summed E-state index contributed by atoms with van der Waals surface area (Å²) in [7, 11) is 0. The van der Waals surface area contributed by atoms with Gasteiger partial charge in [0.15, 0.2) is 0 Å². The summed E-state index contributed by atoms with van der Waals surface area (Å²) in [4.78, 5) is 0. The summed E-state index contributed by atoms with van der Waals surface area (Å²) in [5, 5.41) is 1.40. The minimum absolute atomic E-state index is 0. The van der Waals surface area contributed by atoms with Crippen LogP contribution in [0.3, 0.4) is 0 Å². The fourth-order valence-corrected chi connectivity index (χ4v) is 1.00. The Balaban J connectivity index is 0. The number of hydrogen-bond donors (Lipinski definition) is 0. The van der Waals surface area contributed by atoms with E-state index in [4.69, 9.17) is 34.8 Å². The van der Waals surface area contributed by atoms with Gasteiger partial charge in [-0.05, 0) is 12.1 Å². The maximum Gasteiger partial charge on any atom is 1.00 e. The standard InChI is InChI=1S/C6H3Cl3.Na.H/c7-4-2-1-3-5(8)6(4)9;;/h1-3H;;/q;+1;-1. The van der Waals surface area contributed by atoms with Gasteiger partial charge in [-0.15, -0.1) is 0 Å². The van der Waals surface area contributed by atoms with Crippen LogP contribution in [0.25, 0.3) is 0 Å². The van der Waals surface area contributed by atoms with E-state index in [2.05, 4.69) is 0 Å². The number of hydrogen-bond acceptors (Lipinski definition) is 0. The monoisotopic (exact) mass is 204 g/mol. The third kappa shape index (κ3) is 2.61. The molecule has 0 aliphatic rings. The summed E-state index contributed by atoms with van der Waals surface area (Å²) in [6, 6.07) is 5.13. The summed E-state index contributed by atoms with van der Waals surface area (Å²) in [6.45, 7) is 0. The zero-order valence-electron chi connectivity index (χ0n) is 6.37. The van der Waals surface area contributed by atoms with Gasteiger partial charge in [0.2, 0.25) is 0 Å². The van der Waals surface area contributed by atoms with Gasteiger partial charge < -0.3 is 1.43 Å². The summed E-state index contributed by atoms with van der Waals surface area (Å²) in [5.74, 6) is 0. The number of halogens is 3. The van der Waals surface area contributed by atoms with E-state index >= 15 is 0 Å². The molecule has 0 atom stereocenters. The largest absolute Gasteiger partial charge is 1.00 e. The maximum absolute atomic E-state index is 5.61. The topological polar surface area (TPSA) is 0 Å². The van der Waals surface area contributed by atoms with Gasteiger partial charge in [0, 0.05) is 0 Å². The van der Waals surface area contributed by atoms with Crippen molar-refractivity contribution in [1.82, 2.24) is 0 Å². The molecule has 0 saturated heterocycles. The van der Waals surface area contributed by atoms with Crippen LogP contribution in [0.1, 0.15) is 1.43 Å². The van der Waals surface area contributed by atoms with Crippen molar-refractivity contribution < 1.29 is 31.0 Å². The van der Waals surface area contributed by atoms with Crippen molar-refractivity contribution in [2.24, 2.45) is 0 Å². The molecule has 0 fully saturated rings. The van der Waals surface area contributed by atoms with Crippen LogP contribution in [-0.2, 0) is 0 Å². The van der Waals surface area contributed by atoms with Crippen LogP contribution in [0.4, 0.5) is 0 Å². The second kappa shape index (κ2) is 4.87. The summed E-state index contributed by atoms with van der Waals surface area (Å²) in [6.07, 6.45) is 0. The van der Waals surface area contributed by atoms with Gasteiger partial charge in [-0.3, -0.25) is 0 Å². The van der Waals surface area contributed by atoms with Crippen LogP contribution in [0, 0.1) is 0 Å². The average molecular weight is 205 g/mol. The van der Waals surface area contributed by atoms with Crippen molar-refractivity contribution in [1.29, 1.82) is 0 Å². The van der Waals surface area contributed by atoms with Crippen molar-refractivity contribution in [3.05, 3.63) is 33.3 Å². The van der Waals surface area contributed by atoms with Gasteiger partial charge in [0.25, 0.3) is 0 Å². The molecule has 10 heavy (non-hydrogen) atoms. The Morgan fingerprint density at radius 1 is 1.00 bits per heavy atom. The van der Waals surface area contributed by atoms with Gasteiger partial charge in [-0.2, -0.15) is 0 Å². The molecule has 1 aromatic carbocycles. The molecule has 0 saturated carbocycles. The van der Waals surface area contributed by atoms with E-state index in [1.807, 2.05) is 0 Å². The Labute approximate surface area is 98.2 Å². The average Bonchev–Trinajstić information content (AvgIpc) is 1.83. The van der Waals surface area contributed by atoms with E-state index in [1.165, 1.54) is 0 Å². The summed E-state index contributed by atoms with van der Waals surface area (Å²) >= 11 is 16.8. The quantitative estimate of drug-likeness (QED) is 0.433. The van der Waals surface area contributed by atoms with Crippen LogP contribution in [0.5, 0.6) is 0 Å². The molecule has 0 amide bonds. The second-order valence-corrected chi connectivity index (χ2v) is 2.73. The van der Waals surface area contributed by atoms with Crippen LogP contribution < -0.4 is 29.6 Å². The van der Waals surface area contributed by atoms with E-state index in [1.54, 1.807) is 18.2 Å². The fraction of sp³-hybridized carbons (Fsp3) is 0. The van der Waals surface area contributed by atoms with Crippen molar-refractivity contribution in [2.75, 3.05) is 0 Å². The molecule has 0 nitrogen and oxygen atoms in total. The second-order valence-electron chi connectivity index (χ2n) is 1.54. The smallest absolute Gasteiger partial charge is 1.00 e. The van der Waals surface area contributed by atoms with Gasteiger partial charge in [-0.25, -0.2) is 0 Å². The van der Waals surface area contributed by atoms with Gasteiger partial charge in [0.1, 0.15) is 0 Å². The molecule has 50 valence electrons. The van der Waals surface area contributed by atoms with E-state index in [9.17, 15) is 0 Å². The molecule has 0 bridgehead atoms. The molecule has 1 aromatic rings. The van der Waals surface area contributed by atoms with Gasteiger partial charge in [-0.1, -0.05) is 40.9 Å². The SMILES string of the molecule is Clc1cccc(Cl)c1Cl.[H-].[Na+]. The molecule has 0 heterocycles. The van der Waals surface area contributed by atoms with Gasteiger partial charge >= 0.3 is 29.6 Å². The molecule has 4 heteroatoms. The van der Waals surface area contributed by atoms with Crippen molar-refractivity contribution in [3.8, 4) is 0 Å². The Bertz CT molecular complexity index is 209. The third-order valence-corrected chi connectivity index (χ3v) is 2.14. The molecule has 0 aliphatic heterocycles. The molecule has 0 unspecified atom stereocenters. The van der Waals surface area contributed by atoms with E-state index in [0.29, 0.717) is 15.1 Å². The Hall–Kier alpha value is 1.09. The number of benzene rings is 1. The summed E-state index contributed by atoms with van der Waals surface area (Å²) in [5.41, 5.74) is 0. The first-order valence-corrected chi connectivity index (χ1v) is 3.44. The van der Waals surface area contributed by atoms with Crippen LogP contribution in [-0.4, -0.2) is 0 Å². The van der Waals surface area contributed by atoms with Crippen LogP contribution in [0.15, 0.2) is 18.2 Å². The first-order chi connectivity index (χ1) is 4.22. The minimum Gasteiger partial charge on any atom is -1.00 e. The zero-order chi connectivity index (χ0) is 6.85. The predicted octanol–water partition coefficient (Wildman–Crippen LogP) is 0.763. The predicted molar refractivity (Wildman–Crippen MR) is 42.6 cm³/mol. The Kier molecular flexibility index (Phi) is 5.40. The van der Waals surface area contributed by atoms with Crippen molar-refractivity contribution in [2.45, 2.75) is 0 Å². The molecule has 0 radical (unpaired) electrons. The molecule has 0 N–H and O–H groups in total. The first kappa shape index (κ1) is 11.1. The Morgan fingerprint density at radius 3 is 1.70 bits per heavy atom. The molecular weight excluding hydrogens is 201 g/mol. The normalized spacial score (nSPS) is 8.70. The van der Waals surface area contributed by atoms with Crippen LogP contribution in [0.2, 0.25) is 15.1 Å². The number of rotatable bonds is 0. The van der Waals surface area contributed by atoms with Gasteiger partial charge in [0.05, 0.1) is 15.1 Å².